The average Bonchev–Trinajstić information content (AvgIpc) is 1.71. The van der Waals surface area contributed by atoms with Gasteiger partial charge in [0.2, 0.25) is 0 Å². The highest BCUT2D eigenvalue weighted by molar-refractivity contribution is 7.83. The summed E-state index contributed by atoms with van der Waals surface area (Å²) in [7, 11) is -5.37. The maximum atomic E-state index is 4.93. The highest BCUT2D eigenvalue weighted by Crippen LogP contribution is 2.68. The molecule has 90 valence electrons. The standard InChI is InChI=1S/C7H22N4P4/c1-12-8-13(2,3)10-15(6,7)11-14(4,5)9-12/h12H,1-7H3. The van der Waals surface area contributed by atoms with Gasteiger partial charge in [-0.1, -0.05) is 0 Å². The molecular formula is C7H22N4P4. The molecule has 0 N–H and O–H groups in total. The summed E-state index contributed by atoms with van der Waals surface area (Å²) in [5, 5.41) is 0. The summed E-state index contributed by atoms with van der Waals surface area (Å²) in [6.45, 7) is 15.2. The first-order valence-electron chi connectivity index (χ1n) is 4.83. The minimum absolute atomic E-state index is 0.936. The summed E-state index contributed by atoms with van der Waals surface area (Å²) >= 11 is 0. The molecule has 0 saturated heterocycles. The van der Waals surface area contributed by atoms with Crippen molar-refractivity contribution >= 4 is 29.5 Å². The van der Waals surface area contributed by atoms with Gasteiger partial charge in [0.1, 0.15) is 0 Å². The molecule has 0 spiro atoms. The maximum Gasteiger partial charge on any atom is 0.0750 e. The largest absolute Gasteiger partial charge is 0.244 e. The molecule has 1 aliphatic rings. The van der Waals surface area contributed by atoms with Crippen LogP contribution in [0.5, 0.6) is 0 Å². The van der Waals surface area contributed by atoms with Crippen molar-refractivity contribution in [1.29, 1.82) is 0 Å². The first-order chi connectivity index (χ1) is 6.52. The molecule has 0 amide bonds. The van der Waals surface area contributed by atoms with E-state index in [2.05, 4.69) is 46.7 Å². The molecule has 8 heteroatoms. The third-order valence-electron chi connectivity index (χ3n) is 1.65. The van der Waals surface area contributed by atoms with Crippen molar-refractivity contribution in [2.75, 3.05) is 46.7 Å². The highest BCUT2D eigenvalue weighted by atomic mass is 31.2. The summed E-state index contributed by atoms with van der Waals surface area (Å²) in [6, 6.07) is 0. The van der Waals surface area contributed by atoms with E-state index in [9.17, 15) is 0 Å². The number of hydrogen-bond donors (Lipinski definition) is 0. The Labute approximate surface area is 94.5 Å². The van der Waals surface area contributed by atoms with Crippen molar-refractivity contribution in [3.63, 3.8) is 0 Å². The summed E-state index contributed by atoms with van der Waals surface area (Å²) < 4.78 is 19.5. The Morgan fingerprint density at radius 2 is 1.20 bits per heavy atom. The molecule has 1 rings (SSSR count). The van der Waals surface area contributed by atoms with Crippen LogP contribution in [0, 0.1) is 0 Å². The van der Waals surface area contributed by atoms with E-state index in [-0.39, 0.29) is 0 Å². The van der Waals surface area contributed by atoms with E-state index in [1.807, 2.05) is 0 Å². The third-order valence-corrected chi connectivity index (χ3v) is 14.9. The van der Waals surface area contributed by atoms with Crippen molar-refractivity contribution in [3.8, 4) is 0 Å². The van der Waals surface area contributed by atoms with Crippen molar-refractivity contribution < 1.29 is 0 Å². The zero-order valence-corrected chi connectivity index (χ0v) is 14.3. The lowest BCUT2D eigenvalue weighted by molar-refractivity contribution is 1.64. The molecule has 1 unspecified atom stereocenters. The fourth-order valence-electron chi connectivity index (χ4n) is 1.86. The van der Waals surface area contributed by atoms with Gasteiger partial charge >= 0.3 is 0 Å². The second-order valence-corrected chi connectivity index (χ2v) is 17.1. The molecule has 1 atom stereocenters. The molecule has 0 aromatic rings. The molecule has 0 saturated carbocycles. The molecule has 1 heterocycles. The second-order valence-electron chi connectivity index (χ2n) is 4.94. The third kappa shape index (κ3) is 4.74. The summed E-state index contributed by atoms with van der Waals surface area (Å²) in [5.41, 5.74) is 0. The van der Waals surface area contributed by atoms with E-state index >= 15 is 0 Å². The van der Waals surface area contributed by atoms with Gasteiger partial charge in [-0.25, -0.2) is 18.1 Å². The Balaban J connectivity index is 3.53. The molecule has 0 aromatic heterocycles. The molecular weight excluding hydrogens is 264 g/mol. The zero-order valence-electron chi connectivity index (χ0n) is 10.6. The van der Waals surface area contributed by atoms with E-state index < -0.39 is 29.5 Å². The molecule has 0 aromatic carbocycles. The minimum atomic E-state index is -1.50. The van der Waals surface area contributed by atoms with Gasteiger partial charge in [0.05, 0.1) is 29.5 Å². The molecule has 4 nitrogen and oxygen atoms in total. The number of rotatable bonds is 0. The predicted molar refractivity (Wildman–Crippen MR) is 80.3 cm³/mol. The van der Waals surface area contributed by atoms with Gasteiger partial charge in [0, 0.05) is 0 Å². The van der Waals surface area contributed by atoms with Crippen molar-refractivity contribution in [3.05, 3.63) is 0 Å². The Hall–Kier alpha value is 0.920. The van der Waals surface area contributed by atoms with Gasteiger partial charge in [-0.05, 0) is 46.7 Å². The van der Waals surface area contributed by atoms with E-state index in [1.54, 1.807) is 0 Å². The summed E-state index contributed by atoms with van der Waals surface area (Å²) in [5.74, 6) is 0. The van der Waals surface area contributed by atoms with E-state index in [4.69, 9.17) is 18.1 Å². The second kappa shape index (κ2) is 4.30. The summed E-state index contributed by atoms with van der Waals surface area (Å²) in [6.07, 6.45) is 0. The van der Waals surface area contributed by atoms with Crippen LogP contribution in [-0.2, 0) is 0 Å². The monoisotopic (exact) mass is 286 g/mol. The van der Waals surface area contributed by atoms with Crippen LogP contribution in [0.25, 0.3) is 0 Å². The molecule has 15 heavy (non-hydrogen) atoms. The van der Waals surface area contributed by atoms with Gasteiger partial charge in [0.25, 0.3) is 0 Å². The lowest BCUT2D eigenvalue weighted by atomic mass is 11.9. The molecule has 0 radical (unpaired) electrons. The number of nitrogens with zero attached hydrogens (tertiary/aromatic N) is 4. The van der Waals surface area contributed by atoms with E-state index in [1.165, 1.54) is 0 Å². The van der Waals surface area contributed by atoms with Gasteiger partial charge in [0.15, 0.2) is 0 Å². The Bertz CT molecular complexity index is 453. The van der Waals surface area contributed by atoms with Crippen molar-refractivity contribution in [2.45, 2.75) is 0 Å². The van der Waals surface area contributed by atoms with Gasteiger partial charge in [-0.3, -0.25) is 0 Å². The van der Waals surface area contributed by atoms with Crippen LogP contribution < -0.4 is 0 Å². The van der Waals surface area contributed by atoms with Crippen LogP contribution >= 0.6 is 29.5 Å². The molecule has 0 fully saturated rings. The van der Waals surface area contributed by atoms with Gasteiger partial charge in [-0.2, -0.15) is 0 Å². The van der Waals surface area contributed by atoms with E-state index in [0.29, 0.717) is 0 Å². The fourth-order valence-corrected chi connectivity index (χ4v) is 18.1. The average molecular weight is 286 g/mol. The van der Waals surface area contributed by atoms with Crippen LogP contribution in [0.4, 0.5) is 0 Å². The minimum Gasteiger partial charge on any atom is -0.244 e. The van der Waals surface area contributed by atoms with Crippen LogP contribution in [0.3, 0.4) is 0 Å². The quantitative estimate of drug-likeness (QED) is 0.558. The fraction of sp³-hybridized carbons (Fsp3) is 1.00. The normalized spacial score (nSPS) is 33.1. The smallest absolute Gasteiger partial charge is 0.0750 e. The van der Waals surface area contributed by atoms with E-state index in [0.717, 1.165) is 0 Å². The maximum absolute atomic E-state index is 4.93. The summed E-state index contributed by atoms with van der Waals surface area (Å²) in [4.78, 5) is 0. The van der Waals surface area contributed by atoms with Crippen LogP contribution in [0.15, 0.2) is 18.1 Å². The Morgan fingerprint density at radius 3 is 1.73 bits per heavy atom. The number of hydrogen-bond acceptors (Lipinski definition) is 4. The predicted octanol–water partition coefficient (Wildman–Crippen LogP) is 5.07. The molecule has 1 aliphatic heterocycles. The van der Waals surface area contributed by atoms with Crippen LogP contribution in [0.1, 0.15) is 0 Å². The Kier molecular flexibility index (Phi) is 4.01. The van der Waals surface area contributed by atoms with Crippen LogP contribution in [0.2, 0.25) is 0 Å². The Morgan fingerprint density at radius 1 is 0.733 bits per heavy atom. The lowest BCUT2D eigenvalue weighted by Gasteiger charge is -2.22. The highest BCUT2D eigenvalue weighted by Gasteiger charge is 2.16. The zero-order chi connectivity index (χ0) is 11.9. The first-order valence-corrected chi connectivity index (χ1v) is 14.5. The van der Waals surface area contributed by atoms with Crippen LogP contribution in [-0.4, -0.2) is 46.7 Å². The van der Waals surface area contributed by atoms with Crippen molar-refractivity contribution in [1.82, 2.24) is 0 Å². The van der Waals surface area contributed by atoms with Crippen molar-refractivity contribution in [2.24, 2.45) is 18.1 Å². The molecule has 0 bridgehead atoms. The van der Waals surface area contributed by atoms with Gasteiger partial charge < -0.3 is 0 Å². The SMILES string of the molecule is C/[PH]1=N/P(C)(C)=NP(C)(C)=NP(C)(C)=N1. The van der Waals surface area contributed by atoms with Gasteiger partial charge in [-0.15, -0.1) is 0 Å². The molecule has 0 aliphatic carbocycles. The topological polar surface area (TPSA) is 49.4 Å². The first kappa shape index (κ1) is 14.0. The lowest BCUT2D eigenvalue weighted by Crippen LogP contribution is -1.78.